The van der Waals surface area contributed by atoms with Crippen LogP contribution in [-0.4, -0.2) is 28.5 Å². The van der Waals surface area contributed by atoms with E-state index in [1.807, 2.05) is 39.8 Å². The first-order valence-corrected chi connectivity index (χ1v) is 10.3. The van der Waals surface area contributed by atoms with Crippen LogP contribution in [0, 0.1) is 0 Å². The molecule has 2 rings (SSSR count). The molecular formula is C25H48N2O2. The highest BCUT2D eigenvalue weighted by Gasteiger charge is 2.02. The maximum atomic E-state index is 8.63. The van der Waals surface area contributed by atoms with E-state index in [0.717, 1.165) is 0 Å². The molecule has 170 valence electrons. The lowest BCUT2D eigenvalue weighted by molar-refractivity contribution is 0.389. The molecule has 0 bridgehead atoms. The van der Waals surface area contributed by atoms with Crippen LogP contribution in [0.3, 0.4) is 0 Å². The van der Waals surface area contributed by atoms with Gasteiger partial charge >= 0.3 is 0 Å². The average Bonchev–Trinajstić information content (AvgIpc) is 2.66. The van der Waals surface area contributed by atoms with E-state index in [4.69, 9.17) is 10.2 Å². The summed E-state index contributed by atoms with van der Waals surface area (Å²) in [6.07, 6.45) is 0.417. The minimum absolute atomic E-state index is 0. The fourth-order valence-electron chi connectivity index (χ4n) is 1.90. The summed E-state index contributed by atoms with van der Waals surface area (Å²) in [5.74, 6) is 0.644. The summed E-state index contributed by atoms with van der Waals surface area (Å²) in [6.45, 7) is 18.7. The summed E-state index contributed by atoms with van der Waals surface area (Å²) in [4.78, 5) is 0. The van der Waals surface area contributed by atoms with Gasteiger partial charge in [0.15, 0.2) is 0 Å². The van der Waals surface area contributed by atoms with Gasteiger partial charge in [0.25, 0.3) is 0 Å². The molecule has 0 heterocycles. The number of aromatic hydroxyl groups is 2. The highest BCUT2D eigenvalue weighted by atomic mass is 16.3. The second-order valence-corrected chi connectivity index (χ2v) is 6.04. The van der Waals surface area contributed by atoms with Crippen LogP contribution in [0.5, 0.6) is 11.5 Å². The minimum Gasteiger partial charge on any atom is -0.508 e. The Morgan fingerprint density at radius 2 is 0.793 bits per heavy atom. The predicted octanol–water partition coefficient (Wildman–Crippen LogP) is 6.80. The molecule has 0 radical (unpaired) electrons. The predicted molar refractivity (Wildman–Crippen MR) is 132 cm³/mol. The standard InChI is InChI=1S/C8H20N2.2C6H6O.2C2H6.CH4/c1-6(2)9-8(5)10-7(3)4;2*7-6-4-2-1-3-5-6;2*1-2;/h6-10H,1-5H3;2*1-5,7H;2*1-2H3;1H4. The molecule has 0 aliphatic rings. The van der Waals surface area contributed by atoms with Crippen LogP contribution in [0.25, 0.3) is 0 Å². The Morgan fingerprint density at radius 1 is 0.552 bits per heavy atom. The van der Waals surface area contributed by atoms with Crippen LogP contribution in [0.2, 0.25) is 0 Å². The molecule has 0 amide bonds. The van der Waals surface area contributed by atoms with Gasteiger partial charge in [0.2, 0.25) is 0 Å². The van der Waals surface area contributed by atoms with E-state index < -0.39 is 0 Å². The van der Waals surface area contributed by atoms with Crippen molar-refractivity contribution in [1.82, 2.24) is 10.6 Å². The molecule has 2 aromatic rings. The van der Waals surface area contributed by atoms with Crippen molar-refractivity contribution < 1.29 is 10.2 Å². The zero-order valence-electron chi connectivity index (χ0n) is 19.4. The Bertz CT molecular complexity index is 455. The number of hydrogen-bond acceptors (Lipinski definition) is 4. The molecule has 4 heteroatoms. The van der Waals surface area contributed by atoms with Gasteiger partial charge in [-0.15, -0.1) is 0 Å². The quantitative estimate of drug-likeness (QED) is 0.420. The third kappa shape index (κ3) is 30.9. The number of phenols is 2. The third-order valence-electron chi connectivity index (χ3n) is 2.68. The van der Waals surface area contributed by atoms with Gasteiger partial charge in [-0.3, -0.25) is 10.6 Å². The lowest BCUT2D eigenvalue weighted by Gasteiger charge is -2.20. The number of hydrogen-bond donors (Lipinski definition) is 4. The molecule has 0 aliphatic heterocycles. The zero-order valence-corrected chi connectivity index (χ0v) is 19.4. The van der Waals surface area contributed by atoms with Crippen molar-refractivity contribution in [2.45, 2.75) is 88.0 Å². The molecule has 0 fully saturated rings. The maximum absolute atomic E-state index is 8.63. The van der Waals surface area contributed by atoms with Crippen LogP contribution in [-0.2, 0) is 0 Å². The van der Waals surface area contributed by atoms with Crippen LogP contribution in [0.1, 0.15) is 69.7 Å². The van der Waals surface area contributed by atoms with Gasteiger partial charge in [0.1, 0.15) is 11.5 Å². The second kappa shape index (κ2) is 26.0. The van der Waals surface area contributed by atoms with Gasteiger partial charge in [-0.05, 0) is 58.9 Å². The van der Waals surface area contributed by atoms with Gasteiger partial charge in [0, 0.05) is 12.1 Å². The van der Waals surface area contributed by atoms with Gasteiger partial charge in [-0.1, -0.05) is 71.5 Å². The Hall–Kier alpha value is -2.04. The van der Waals surface area contributed by atoms with Crippen molar-refractivity contribution >= 4 is 0 Å². The Labute approximate surface area is 181 Å². The molecular weight excluding hydrogens is 360 g/mol. The first kappa shape index (κ1) is 34.5. The molecule has 4 N–H and O–H groups in total. The minimum atomic E-state index is 0. The lowest BCUT2D eigenvalue weighted by atomic mass is 10.3. The van der Waals surface area contributed by atoms with Crippen LogP contribution >= 0.6 is 0 Å². The van der Waals surface area contributed by atoms with Crippen molar-refractivity contribution in [1.29, 1.82) is 0 Å². The Morgan fingerprint density at radius 3 is 0.931 bits per heavy atom. The Balaban J connectivity index is -0.000000148. The number of phenolic OH excluding ortho intramolecular Hbond substituents is 2. The number of rotatable bonds is 4. The topological polar surface area (TPSA) is 64.5 Å². The largest absolute Gasteiger partial charge is 0.508 e. The monoisotopic (exact) mass is 408 g/mol. The highest BCUT2D eigenvalue weighted by molar-refractivity contribution is 5.19. The summed E-state index contributed by atoms with van der Waals surface area (Å²) in [5.41, 5.74) is 0. The van der Waals surface area contributed by atoms with E-state index in [1.165, 1.54) is 0 Å². The summed E-state index contributed by atoms with van der Waals surface area (Å²) in [6, 6.07) is 18.5. The zero-order chi connectivity index (χ0) is 22.4. The summed E-state index contributed by atoms with van der Waals surface area (Å²) in [5, 5.41) is 24.0. The van der Waals surface area contributed by atoms with E-state index in [-0.39, 0.29) is 7.43 Å². The molecule has 2 aromatic carbocycles. The SMILES string of the molecule is C.CC.CC.CC(C)NC(C)NC(C)C.Oc1ccccc1.Oc1ccccc1. The normalized spacial score (nSPS) is 8.69. The molecule has 0 saturated carbocycles. The smallest absolute Gasteiger partial charge is 0.115 e. The van der Waals surface area contributed by atoms with Crippen molar-refractivity contribution in [3.8, 4) is 11.5 Å². The molecule has 0 unspecified atom stereocenters. The van der Waals surface area contributed by atoms with Crippen molar-refractivity contribution in [2.75, 3.05) is 0 Å². The molecule has 0 saturated heterocycles. The molecule has 0 aromatic heterocycles. The van der Waals surface area contributed by atoms with E-state index in [0.29, 0.717) is 29.7 Å². The number of nitrogens with one attached hydrogen (secondary N) is 2. The van der Waals surface area contributed by atoms with Gasteiger partial charge in [-0.25, -0.2) is 0 Å². The van der Waals surface area contributed by atoms with Crippen LogP contribution in [0.15, 0.2) is 60.7 Å². The molecule has 0 aliphatic carbocycles. The van der Waals surface area contributed by atoms with Crippen molar-refractivity contribution in [3.05, 3.63) is 60.7 Å². The van der Waals surface area contributed by atoms with Crippen molar-refractivity contribution in [2.24, 2.45) is 0 Å². The first-order valence-electron chi connectivity index (χ1n) is 10.3. The maximum Gasteiger partial charge on any atom is 0.115 e. The summed E-state index contributed by atoms with van der Waals surface area (Å²) < 4.78 is 0. The average molecular weight is 409 g/mol. The summed E-state index contributed by atoms with van der Waals surface area (Å²) in [7, 11) is 0. The highest BCUT2D eigenvalue weighted by Crippen LogP contribution is 2.03. The first-order chi connectivity index (χ1) is 13.3. The fraction of sp³-hybridized carbons (Fsp3) is 0.520. The van der Waals surface area contributed by atoms with Gasteiger partial charge in [-0.2, -0.15) is 0 Å². The Kier molecular flexibility index (Phi) is 30.9. The van der Waals surface area contributed by atoms with Crippen LogP contribution in [0.4, 0.5) is 0 Å². The van der Waals surface area contributed by atoms with E-state index in [2.05, 4.69) is 45.3 Å². The second-order valence-electron chi connectivity index (χ2n) is 6.04. The van der Waals surface area contributed by atoms with E-state index in [1.54, 1.807) is 48.5 Å². The molecule has 4 nitrogen and oxygen atoms in total. The lowest BCUT2D eigenvalue weighted by Crippen LogP contribution is -2.45. The molecule has 0 atom stereocenters. The summed E-state index contributed by atoms with van der Waals surface area (Å²) >= 11 is 0. The number of benzene rings is 2. The van der Waals surface area contributed by atoms with Crippen molar-refractivity contribution in [3.63, 3.8) is 0 Å². The molecule has 29 heavy (non-hydrogen) atoms. The van der Waals surface area contributed by atoms with E-state index >= 15 is 0 Å². The van der Waals surface area contributed by atoms with Crippen LogP contribution < -0.4 is 10.6 Å². The van der Waals surface area contributed by atoms with E-state index in [9.17, 15) is 0 Å². The van der Waals surface area contributed by atoms with Gasteiger partial charge < -0.3 is 10.2 Å². The number of para-hydroxylation sites is 2. The molecule has 0 spiro atoms. The van der Waals surface area contributed by atoms with Gasteiger partial charge in [0.05, 0.1) is 6.17 Å². The fourth-order valence-corrected chi connectivity index (χ4v) is 1.90. The third-order valence-corrected chi connectivity index (χ3v) is 2.68.